The van der Waals surface area contributed by atoms with Crippen molar-refractivity contribution in [3.63, 3.8) is 0 Å². The number of aromatic nitrogens is 2. The molecule has 0 bridgehead atoms. The maximum atomic E-state index is 12.3. The zero-order valence-corrected chi connectivity index (χ0v) is 10.00. The molecule has 3 rings (SSSR count). The molecular formula is C15H12N2O. The lowest BCUT2D eigenvalue weighted by molar-refractivity contribution is 0.103. The van der Waals surface area contributed by atoms with Gasteiger partial charge in [0.25, 0.3) is 0 Å². The van der Waals surface area contributed by atoms with Gasteiger partial charge < -0.3 is 0 Å². The number of hydrogen-bond donors (Lipinski definition) is 0. The number of nitrogens with zero attached hydrogens (tertiary/aromatic N) is 2. The van der Waals surface area contributed by atoms with Crippen LogP contribution in [-0.2, 0) is 0 Å². The summed E-state index contributed by atoms with van der Waals surface area (Å²) in [5.41, 5.74) is 3.21. The minimum absolute atomic E-state index is 0.00745. The second-order valence-corrected chi connectivity index (χ2v) is 4.27. The molecule has 0 atom stereocenters. The van der Waals surface area contributed by atoms with Crippen molar-refractivity contribution in [2.24, 2.45) is 0 Å². The van der Waals surface area contributed by atoms with Crippen LogP contribution in [0.1, 0.15) is 21.6 Å². The normalized spacial score (nSPS) is 10.7. The first-order chi connectivity index (χ1) is 8.75. The van der Waals surface area contributed by atoms with E-state index < -0.39 is 0 Å². The molecule has 1 aromatic carbocycles. The molecule has 2 heterocycles. The van der Waals surface area contributed by atoms with Crippen molar-refractivity contribution in [1.29, 1.82) is 0 Å². The molecule has 0 radical (unpaired) electrons. The Bertz CT molecular complexity index is 714. The fourth-order valence-electron chi connectivity index (χ4n) is 1.99. The van der Waals surface area contributed by atoms with Gasteiger partial charge in [-0.05, 0) is 24.6 Å². The summed E-state index contributed by atoms with van der Waals surface area (Å²) < 4.78 is 1.82. The van der Waals surface area contributed by atoms with E-state index in [0.29, 0.717) is 11.3 Å². The first-order valence-electron chi connectivity index (χ1n) is 5.79. The van der Waals surface area contributed by atoms with Gasteiger partial charge in [-0.3, -0.25) is 9.20 Å². The van der Waals surface area contributed by atoms with Crippen molar-refractivity contribution in [1.82, 2.24) is 9.38 Å². The highest BCUT2D eigenvalue weighted by molar-refractivity contribution is 6.08. The number of benzene rings is 1. The second-order valence-electron chi connectivity index (χ2n) is 4.27. The SMILES string of the molecule is Cc1ccn2c(C(=O)c3ccccc3)cnc2c1. The Morgan fingerprint density at radius 2 is 1.94 bits per heavy atom. The van der Waals surface area contributed by atoms with E-state index in [-0.39, 0.29) is 5.78 Å². The van der Waals surface area contributed by atoms with Gasteiger partial charge in [0.1, 0.15) is 11.3 Å². The molecule has 3 heteroatoms. The Morgan fingerprint density at radius 3 is 2.72 bits per heavy atom. The molecule has 0 aliphatic rings. The van der Waals surface area contributed by atoms with Gasteiger partial charge in [-0.15, -0.1) is 0 Å². The predicted molar refractivity (Wildman–Crippen MR) is 69.8 cm³/mol. The number of fused-ring (bicyclic) bond motifs is 1. The summed E-state index contributed by atoms with van der Waals surface area (Å²) in [4.78, 5) is 16.6. The largest absolute Gasteiger partial charge is 0.297 e. The smallest absolute Gasteiger partial charge is 0.211 e. The van der Waals surface area contributed by atoms with E-state index in [1.165, 1.54) is 0 Å². The second kappa shape index (κ2) is 4.11. The molecule has 0 saturated heterocycles. The van der Waals surface area contributed by atoms with Crippen LogP contribution in [0.25, 0.3) is 5.65 Å². The van der Waals surface area contributed by atoms with Gasteiger partial charge >= 0.3 is 0 Å². The van der Waals surface area contributed by atoms with Crippen molar-refractivity contribution in [2.75, 3.05) is 0 Å². The van der Waals surface area contributed by atoms with E-state index in [4.69, 9.17) is 0 Å². The minimum atomic E-state index is -0.00745. The molecule has 3 aromatic rings. The predicted octanol–water partition coefficient (Wildman–Crippen LogP) is 2.87. The van der Waals surface area contributed by atoms with Gasteiger partial charge in [0.15, 0.2) is 0 Å². The summed E-state index contributed by atoms with van der Waals surface area (Å²) in [7, 11) is 0. The number of rotatable bonds is 2. The lowest BCUT2D eigenvalue weighted by Gasteiger charge is -2.01. The lowest BCUT2D eigenvalue weighted by Crippen LogP contribution is -2.04. The zero-order valence-electron chi connectivity index (χ0n) is 10.00. The molecule has 0 amide bonds. The van der Waals surface area contributed by atoms with Crippen molar-refractivity contribution in [2.45, 2.75) is 6.92 Å². The van der Waals surface area contributed by atoms with Crippen molar-refractivity contribution in [3.8, 4) is 0 Å². The Kier molecular flexibility index (Phi) is 2.45. The third-order valence-electron chi connectivity index (χ3n) is 2.94. The van der Waals surface area contributed by atoms with Crippen LogP contribution in [0.2, 0.25) is 0 Å². The minimum Gasteiger partial charge on any atom is -0.297 e. The highest BCUT2D eigenvalue weighted by atomic mass is 16.1. The lowest BCUT2D eigenvalue weighted by atomic mass is 10.1. The molecule has 18 heavy (non-hydrogen) atoms. The number of aryl methyl sites for hydroxylation is 1. The molecule has 0 saturated carbocycles. The number of ketones is 1. The van der Waals surface area contributed by atoms with Crippen molar-refractivity contribution >= 4 is 11.4 Å². The fraction of sp³-hybridized carbons (Fsp3) is 0.0667. The summed E-state index contributed by atoms with van der Waals surface area (Å²) >= 11 is 0. The molecule has 3 nitrogen and oxygen atoms in total. The van der Waals surface area contributed by atoms with E-state index in [2.05, 4.69) is 4.98 Å². The van der Waals surface area contributed by atoms with E-state index in [0.717, 1.165) is 11.2 Å². The Labute approximate surface area is 105 Å². The summed E-state index contributed by atoms with van der Waals surface area (Å²) in [5, 5.41) is 0. The number of pyridine rings is 1. The Balaban J connectivity index is 2.13. The Hall–Kier alpha value is -2.42. The average molecular weight is 236 g/mol. The first kappa shape index (κ1) is 10.7. The van der Waals surface area contributed by atoms with Crippen LogP contribution in [-0.4, -0.2) is 15.2 Å². The van der Waals surface area contributed by atoms with E-state index in [9.17, 15) is 4.79 Å². The van der Waals surface area contributed by atoms with E-state index >= 15 is 0 Å². The molecule has 0 unspecified atom stereocenters. The topological polar surface area (TPSA) is 34.4 Å². The van der Waals surface area contributed by atoms with Crippen LogP contribution in [0.4, 0.5) is 0 Å². The maximum Gasteiger partial charge on any atom is 0.211 e. The van der Waals surface area contributed by atoms with Gasteiger partial charge in [-0.1, -0.05) is 30.3 Å². The number of imidazole rings is 1. The zero-order chi connectivity index (χ0) is 12.5. The van der Waals surface area contributed by atoms with E-state index in [1.807, 2.05) is 60.0 Å². The molecule has 0 fully saturated rings. The van der Waals surface area contributed by atoms with Crippen LogP contribution < -0.4 is 0 Å². The monoisotopic (exact) mass is 236 g/mol. The van der Waals surface area contributed by atoms with Gasteiger partial charge in [0.2, 0.25) is 5.78 Å². The van der Waals surface area contributed by atoms with Crippen molar-refractivity contribution < 1.29 is 4.79 Å². The fourth-order valence-corrected chi connectivity index (χ4v) is 1.99. The summed E-state index contributed by atoms with van der Waals surface area (Å²) in [5.74, 6) is -0.00745. The highest BCUT2D eigenvalue weighted by Gasteiger charge is 2.13. The molecule has 2 aromatic heterocycles. The summed E-state index contributed by atoms with van der Waals surface area (Å²) in [6, 6.07) is 13.2. The molecule has 88 valence electrons. The standard InChI is InChI=1S/C15H12N2O/c1-11-7-8-17-13(10-16-14(17)9-11)15(18)12-5-3-2-4-6-12/h2-10H,1H3. The maximum absolute atomic E-state index is 12.3. The van der Waals surface area contributed by atoms with E-state index in [1.54, 1.807) is 6.20 Å². The average Bonchev–Trinajstić information content (AvgIpc) is 2.81. The molecule has 0 N–H and O–H groups in total. The van der Waals surface area contributed by atoms with Crippen LogP contribution in [0.5, 0.6) is 0 Å². The number of carbonyl (C=O) groups excluding carboxylic acids is 1. The van der Waals surface area contributed by atoms with Crippen LogP contribution in [0.3, 0.4) is 0 Å². The third kappa shape index (κ3) is 1.70. The highest BCUT2D eigenvalue weighted by Crippen LogP contribution is 2.13. The van der Waals surface area contributed by atoms with Crippen LogP contribution in [0, 0.1) is 6.92 Å². The number of hydrogen-bond acceptors (Lipinski definition) is 2. The van der Waals surface area contributed by atoms with Gasteiger partial charge in [-0.2, -0.15) is 0 Å². The molecular weight excluding hydrogens is 224 g/mol. The quantitative estimate of drug-likeness (QED) is 0.641. The summed E-state index contributed by atoms with van der Waals surface area (Å²) in [6.07, 6.45) is 3.51. The summed E-state index contributed by atoms with van der Waals surface area (Å²) in [6.45, 7) is 2.01. The van der Waals surface area contributed by atoms with Crippen LogP contribution in [0.15, 0.2) is 54.9 Å². The van der Waals surface area contributed by atoms with Gasteiger partial charge in [-0.25, -0.2) is 4.98 Å². The van der Waals surface area contributed by atoms with Gasteiger partial charge in [0, 0.05) is 11.8 Å². The number of carbonyl (C=O) groups is 1. The first-order valence-corrected chi connectivity index (χ1v) is 5.79. The van der Waals surface area contributed by atoms with Crippen LogP contribution >= 0.6 is 0 Å². The van der Waals surface area contributed by atoms with Crippen molar-refractivity contribution in [3.05, 3.63) is 71.7 Å². The Morgan fingerprint density at radius 1 is 1.17 bits per heavy atom. The van der Waals surface area contributed by atoms with Gasteiger partial charge in [0.05, 0.1) is 6.20 Å². The third-order valence-corrected chi connectivity index (χ3v) is 2.94. The molecule has 0 aliphatic heterocycles. The molecule has 0 aliphatic carbocycles. The molecule has 0 spiro atoms.